The van der Waals surface area contributed by atoms with Crippen molar-refractivity contribution in [3.8, 4) is 11.1 Å². The molecule has 0 N–H and O–H groups in total. The fraction of sp³-hybridized carbons (Fsp3) is 0.429. The van der Waals surface area contributed by atoms with Crippen molar-refractivity contribution in [2.24, 2.45) is 0 Å². The molecule has 0 aliphatic carbocycles. The summed E-state index contributed by atoms with van der Waals surface area (Å²) < 4.78 is 78.8. The van der Waals surface area contributed by atoms with E-state index < -0.39 is 46.0 Å². The molecule has 2 aromatic rings. The van der Waals surface area contributed by atoms with Gasteiger partial charge in [0.05, 0.1) is 5.56 Å². The van der Waals surface area contributed by atoms with Gasteiger partial charge in [-0.1, -0.05) is 57.7 Å². The van der Waals surface area contributed by atoms with E-state index in [1.54, 1.807) is 0 Å². The van der Waals surface area contributed by atoms with E-state index in [-0.39, 0.29) is 0 Å². The van der Waals surface area contributed by atoms with Gasteiger partial charge in [-0.15, -0.1) is 8.58 Å². The molecule has 2 aromatic carbocycles. The molecular formula is C21H25F6P. The van der Waals surface area contributed by atoms with Gasteiger partial charge in [-0.25, -0.2) is 26.3 Å². The average Bonchev–Trinajstić information content (AvgIpc) is 2.70. The summed E-state index contributed by atoms with van der Waals surface area (Å²) in [6.07, 6.45) is 10.1. The van der Waals surface area contributed by atoms with E-state index in [4.69, 9.17) is 0 Å². The molecule has 156 valence electrons. The minimum atomic E-state index is -2.27. The molecule has 0 fully saturated rings. The lowest BCUT2D eigenvalue weighted by Gasteiger charge is -2.08. The highest BCUT2D eigenvalue weighted by Crippen LogP contribution is 2.32. The Morgan fingerprint density at radius 1 is 0.643 bits per heavy atom. The molecule has 0 bridgehead atoms. The van der Waals surface area contributed by atoms with E-state index in [2.05, 4.69) is 13.8 Å². The fourth-order valence-electron chi connectivity index (χ4n) is 2.48. The molecule has 0 nitrogen and oxygen atoms in total. The Hall–Kier alpha value is -1.55. The van der Waals surface area contributed by atoms with Gasteiger partial charge in [0, 0.05) is 5.56 Å². The van der Waals surface area contributed by atoms with E-state index in [0.29, 0.717) is 0 Å². The van der Waals surface area contributed by atoms with Crippen LogP contribution in [0.5, 0.6) is 0 Å². The first-order chi connectivity index (χ1) is 13.4. The van der Waals surface area contributed by atoms with E-state index in [0.717, 1.165) is 12.1 Å². The molecule has 28 heavy (non-hydrogen) atoms. The zero-order valence-electron chi connectivity index (χ0n) is 16.0. The predicted octanol–water partition coefficient (Wildman–Crippen LogP) is 7.84. The lowest BCUT2D eigenvalue weighted by Crippen LogP contribution is -2.04. The lowest BCUT2D eigenvalue weighted by atomic mass is 10.0. The van der Waals surface area contributed by atoms with Crippen LogP contribution in [0.15, 0.2) is 24.3 Å². The molecule has 2 rings (SSSR count). The van der Waals surface area contributed by atoms with Crippen LogP contribution < -0.4 is 0 Å². The minimum Gasteiger partial charge on any atom is -0.206 e. The van der Waals surface area contributed by atoms with Gasteiger partial charge in [-0.3, -0.25) is 0 Å². The second kappa shape index (κ2) is 12.8. The third-order valence-electron chi connectivity index (χ3n) is 3.99. The average molecular weight is 422 g/mol. The second-order valence-electron chi connectivity index (χ2n) is 6.24. The number of hydrogen-bond donors (Lipinski definition) is 0. The Balaban J connectivity index is 0.000000336. The molecule has 0 aromatic heterocycles. The molecule has 0 heterocycles. The molecule has 0 aliphatic rings. The van der Waals surface area contributed by atoms with Crippen molar-refractivity contribution in [2.75, 3.05) is 12.3 Å². The van der Waals surface area contributed by atoms with Gasteiger partial charge in [0.2, 0.25) is 5.82 Å². The maximum Gasteiger partial charge on any atom is 0.200 e. The van der Waals surface area contributed by atoms with Crippen LogP contribution in [0.25, 0.3) is 11.1 Å². The summed E-state index contributed by atoms with van der Waals surface area (Å²) in [5.41, 5.74) is -1.96. The first-order valence-corrected chi connectivity index (χ1v) is 10.7. The van der Waals surface area contributed by atoms with Crippen molar-refractivity contribution in [1.82, 2.24) is 0 Å². The highest BCUT2D eigenvalue weighted by molar-refractivity contribution is 7.37. The maximum absolute atomic E-state index is 13.4. The normalized spacial score (nSPS) is 11.0. The highest BCUT2D eigenvalue weighted by atomic mass is 31.1. The number of rotatable bonds is 8. The predicted molar refractivity (Wildman–Crippen MR) is 104 cm³/mol. The molecular weight excluding hydrogens is 397 g/mol. The van der Waals surface area contributed by atoms with Crippen LogP contribution in [0.2, 0.25) is 0 Å². The fourth-order valence-corrected chi connectivity index (χ4v) is 3.59. The van der Waals surface area contributed by atoms with Crippen LogP contribution in [0.4, 0.5) is 26.3 Å². The van der Waals surface area contributed by atoms with Gasteiger partial charge in [0.25, 0.3) is 0 Å². The summed E-state index contributed by atoms with van der Waals surface area (Å²) in [5, 5.41) is 0. The van der Waals surface area contributed by atoms with Crippen molar-refractivity contribution < 1.29 is 26.3 Å². The van der Waals surface area contributed by atoms with E-state index >= 15 is 0 Å². The van der Waals surface area contributed by atoms with Gasteiger partial charge >= 0.3 is 0 Å². The summed E-state index contributed by atoms with van der Waals surface area (Å²) in [6, 6.07) is 4.22. The molecule has 1 atom stereocenters. The number of hydrogen-bond acceptors (Lipinski definition) is 0. The Kier molecular flexibility index (Phi) is 11.2. The molecule has 0 spiro atoms. The van der Waals surface area contributed by atoms with Gasteiger partial charge in [-0.2, -0.15) is 0 Å². The number of benzene rings is 2. The number of halogens is 6. The van der Waals surface area contributed by atoms with Gasteiger partial charge in [0.1, 0.15) is 5.82 Å². The Morgan fingerprint density at radius 2 is 1.21 bits per heavy atom. The highest BCUT2D eigenvalue weighted by Gasteiger charge is 2.27. The quantitative estimate of drug-likeness (QED) is 0.134. The van der Waals surface area contributed by atoms with Gasteiger partial charge < -0.3 is 0 Å². The Morgan fingerprint density at radius 3 is 1.75 bits per heavy atom. The smallest absolute Gasteiger partial charge is 0.200 e. The van der Waals surface area contributed by atoms with Crippen LogP contribution in [0.1, 0.15) is 46.0 Å². The van der Waals surface area contributed by atoms with E-state index in [1.807, 2.05) is 0 Å². The first-order valence-electron chi connectivity index (χ1n) is 9.33. The van der Waals surface area contributed by atoms with Crippen LogP contribution in [-0.4, -0.2) is 12.3 Å². The SMILES string of the molecule is CCCCCCPCCC.Fc1ccccc1-c1c(F)c(F)c(F)c(F)c1F. The zero-order chi connectivity index (χ0) is 21.1. The summed E-state index contributed by atoms with van der Waals surface area (Å²) in [5.74, 6) is -11.7. The van der Waals surface area contributed by atoms with Crippen LogP contribution in [-0.2, 0) is 0 Å². The largest absolute Gasteiger partial charge is 0.206 e. The van der Waals surface area contributed by atoms with E-state index in [1.165, 1.54) is 65.1 Å². The molecule has 7 heteroatoms. The zero-order valence-corrected chi connectivity index (χ0v) is 17.0. The summed E-state index contributed by atoms with van der Waals surface area (Å²) >= 11 is 0. The molecule has 1 unspecified atom stereocenters. The summed E-state index contributed by atoms with van der Waals surface area (Å²) in [6.45, 7) is 4.55. The molecule has 0 aliphatic heterocycles. The standard InChI is InChI=1S/C12H4F6.C9H21P/c13-6-4-2-1-3-5(6)7-8(14)10(16)12(18)11(17)9(7)15;1-3-5-6-7-9-10-8-4-2/h1-4H;10H,3-9H2,1-2H3. The van der Waals surface area contributed by atoms with Crippen molar-refractivity contribution in [3.63, 3.8) is 0 Å². The minimum absolute atomic E-state index is 0.690. The maximum atomic E-state index is 13.4. The van der Waals surface area contributed by atoms with Crippen LogP contribution in [0.3, 0.4) is 0 Å². The lowest BCUT2D eigenvalue weighted by molar-refractivity contribution is 0.381. The second-order valence-corrected chi connectivity index (χ2v) is 7.74. The Labute approximate surface area is 164 Å². The van der Waals surface area contributed by atoms with E-state index in [9.17, 15) is 26.3 Å². The van der Waals surface area contributed by atoms with Crippen molar-refractivity contribution in [2.45, 2.75) is 46.0 Å². The topological polar surface area (TPSA) is 0 Å². The van der Waals surface area contributed by atoms with Gasteiger partial charge in [-0.05, 0) is 24.8 Å². The molecule has 0 radical (unpaired) electrons. The van der Waals surface area contributed by atoms with Crippen LogP contribution >= 0.6 is 8.58 Å². The third kappa shape index (κ3) is 6.80. The monoisotopic (exact) mass is 422 g/mol. The molecule has 0 amide bonds. The molecule has 0 saturated heterocycles. The van der Waals surface area contributed by atoms with Crippen molar-refractivity contribution >= 4 is 8.58 Å². The van der Waals surface area contributed by atoms with Crippen molar-refractivity contribution in [3.05, 3.63) is 59.2 Å². The third-order valence-corrected chi connectivity index (χ3v) is 5.55. The summed E-state index contributed by atoms with van der Waals surface area (Å²) in [7, 11) is 1.24. The number of unbranched alkanes of at least 4 members (excludes halogenated alkanes) is 3. The first kappa shape index (κ1) is 24.5. The Bertz CT molecular complexity index is 711. The van der Waals surface area contributed by atoms with Crippen LogP contribution in [0, 0.1) is 34.9 Å². The van der Waals surface area contributed by atoms with Crippen molar-refractivity contribution in [1.29, 1.82) is 0 Å². The van der Waals surface area contributed by atoms with Gasteiger partial charge in [0.15, 0.2) is 23.3 Å². The summed E-state index contributed by atoms with van der Waals surface area (Å²) in [4.78, 5) is 0. The molecule has 0 saturated carbocycles.